The second-order valence-electron chi connectivity index (χ2n) is 9.94. The van der Waals surface area contributed by atoms with E-state index in [0.29, 0.717) is 6.61 Å². The quantitative estimate of drug-likeness (QED) is 0.473. The third kappa shape index (κ3) is 5.92. The molecule has 0 spiro atoms. The van der Waals surface area contributed by atoms with Crippen LogP contribution in [-0.4, -0.2) is 55.7 Å². The summed E-state index contributed by atoms with van der Waals surface area (Å²) in [7, 11) is 0. The summed E-state index contributed by atoms with van der Waals surface area (Å²) < 4.78 is 12.1. The summed E-state index contributed by atoms with van der Waals surface area (Å²) in [6.07, 6.45) is 5.38. The molecule has 0 N–H and O–H groups in total. The lowest BCUT2D eigenvalue weighted by atomic mass is 10.1. The Hall–Kier alpha value is -1.88. The van der Waals surface area contributed by atoms with E-state index in [1.165, 1.54) is 69.5 Å². The Bertz CT molecular complexity index is 824. The lowest BCUT2D eigenvalue weighted by molar-refractivity contribution is 0.0967. The molecule has 3 aliphatic rings. The van der Waals surface area contributed by atoms with Crippen LogP contribution in [0.2, 0.25) is 0 Å². The van der Waals surface area contributed by atoms with Crippen LogP contribution in [0.15, 0.2) is 54.6 Å². The molecule has 0 radical (unpaired) electrons. The van der Waals surface area contributed by atoms with Crippen molar-refractivity contribution in [3.63, 3.8) is 0 Å². The maximum absolute atomic E-state index is 6.06. The highest BCUT2D eigenvalue weighted by molar-refractivity contribution is 5.29. The fraction of sp³-hybridized carbons (Fsp3) is 0.571. The first-order valence-corrected chi connectivity index (χ1v) is 12.6. The van der Waals surface area contributed by atoms with Crippen molar-refractivity contribution in [2.45, 2.75) is 38.8 Å². The Morgan fingerprint density at radius 3 is 2.41 bits per heavy atom. The maximum Gasteiger partial charge on any atom is 0.120 e. The van der Waals surface area contributed by atoms with Gasteiger partial charge in [-0.3, -0.25) is 4.90 Å². The maximum atomic E-state index is 6.06. The first kappa shape index (κ1) is 21.9. The Morgan fingerprint density at radius 1 is 0.812 bits per heavy atom. The van der Waals surface area contributed by atoms with Crippen LogP contribution in [0.25, 0.3) is 0 Å². The summed E-state index contributed by atoms with van der Waals surface area (Å²) in [6.45, 7) is 9.83. The van der Waals surface area contributed by atoms with Crippen LogP contribution in [0.3, 0.4) is 0 Å². The van der Waals surface area contributed by atoms with Crippen LogP contribution in [0.1, 0.15) is 36.8 Å². The molecule has 0 bridgehead atoms. The predicted octanol–water partition coefficient (Wildman–Crippen LogP) is 4.84. The van der Waals surface area contributed by atoms with Gasteiger partial charge in [0.05, 0.1) is 6.61 Å². The molecule has 5 rings (SSSR count). The van der Waals surface area contributed by atoms with Gasteiger partial charge >= 0.3 is 0 Å². The van der Waals surface area contributed by atoms with Crippen molar-refractivity contribution in [1.29, 1.82) is 0 Å². The summed E-state index contributed by atoms with van der Waals surface area (Å²) in [5, 5.41) is 0. The van der Waals surface area contributed by atoms with Gasteiger partial charge in [0.2, 0.25) is 0 Å². The zero-order valence-electron chi connectivity index (χ0n) is 19.3. The lowest BCUT2D eigenvalue weighted by Gasteiger charge is -2.26. The highest BCUT2D eigenvalue weighted by atomic mass is 16.5. The van der Waals surface area contributed by atoms with E-state index in [1.807, 2.05) is 6.07 Å². The predicted molar refractivity (Wildman–Crippen MR) is 129 cm³/mol. The molecule has 0 amide bonds. The number of hydrogen-bond donors (Lipinski definition) is 0. The molecule has 2 aliphatic heterocycles. The molecule has 2 aromatic rings. The summed E-state index contributed by atoms with van der Waals surface area (Å²) in [4.78, 5) is 5.22. The van der Waals surface area contributed by atoms with E-state index in [9.17, 15) is 0 Å². The van der Waals surface area contributed by atoms with Crippen LogP contribution < -0.4 is 4.74 Å². The molecule has 3 fully saturated rings. The van der Waals surface area contributed by atoms with Gasteiger partial charge < -0.3 is 14.4 Å². The molecule has 2 saturated heterocycles. The van der Waals surface area contributed by atoms with E-state index in [-0.39, 0.29) is 0 Å². The van der Waals surface area contributed by atoms with Crippen molar-refractivity contribution < 1.29 is 9.47 Å². The Balaban J connectivity index is 0.976. The van der Waals surface area contributed by atoms with E-state index in [2.05, 4.69) is 58.3 Å². The molecular formula is C28H38N2O2. The average molecular weight is 435 g/mol. The second-order valence-corrected chi connectivity index (χ2v) is 9.94. The molecule has 0 unspecified atom stereocenters. The van der Waals surface area contributed by atoms with Crippen molar-refractivity contribution in [2.24, 2.45) is 17.8 Å². The number of hydrogen-bond acceptors (Lipinski definition) is 4. The SMILES string of the molecule is c1ccc(COc2cccc(CN3C[C@@H]4[C@@H](COCCCN5CCCCC5)[C@@H]4C3)c2)cc1. The summed E-state index contributed by atoms with van der Waals surface area (Å²) >= 11 is 0. The first-order chi connectivity index (χ1) is 15.8. The topological polar surface area (TPSA) is 24.9 Å². The fourth-order valence-corrected chi connectivity index (χ4v) is 5.64. The molecule has 0 aromatic heterocycles. The third-order valence-electron chi connectivity index (χ3n) is 7.52. The number of fused-ring (bicyclic) bond motifs is 1. The minimum atomic E-state index is 0.623. The molecule has 2 aromatic carbocycles. The molecule has 4 nitrogen and oxygen atoms in total. The number of likely N-dealkylation sites (tertiary alicyclic amines) is 2. The van der Waals surface area contributed by atoms with Crippen molar-refractivity contribution >= 4 is 0 Å². The van der Waals surface area contributed by atoms with Gasteiger partial charge in [-0.25, -0.2) is 0 Å². The van der Waals surface area contributed by atoms with Crippen molar-refractivity contribution in [3.8, 4) is 5.75 Å². The van der Waals surface area contributed by atoms with Crippen LogP contribution >= 0.6 is 0 Å². The molecule has 4 heteroatoms. The monoisotopic (exact) mass is 434 g/mol. The molecule has 172 valence electrons. The zero-order chi connectivity index (χ0) is 21.6. The van der Waals surface area contributed by atoms with Crippen LogP contribution in [-0.2, 0) is 17.9 Å². The largest absolute Gasteiger partial charge is 0.489 e. The first-order valence-electron chi connectivity index (χ1n) is 12.6. The third-order valence-corrected chi connectivity index (χ3v) is 7.52. The molecule has 1 aliphatic carbocycles. The highest BCUT2D eigenvalue weighted by Crippen LogP contribution is 2.52. The Kier molecular flexibility index (Phi) is 7.42. The van der Waals surface area contributed by atoms with E-state index in [1.54, 1.807) is 0 Å². The number of benzene rings is 2. The molecular weight excluding hydrogens is 396 g/mol. The minimum absolute atomic E-state index is 0.623. The van der Waals surface area contributed by atoms with Crippen LogP contribution in [0, 0.1) is 17.8 Å². The second kappa shape index (κ2) is 10.8. The van der Waals surface area contributed by atoms with E-state index in [4.69, 9.17) is 9.47 Å². The number of rotatable bonds is 11. The molecule has 2 heterocycles. The zero-order valence-corrected chi connectivity index (χ0v) is 19.3. The summed E-state index contributed by atoms with van der Waals surface area (Å²) in [6, 6.07) is 19.0. The van der Waals surface area contributed by atoms with E-state index >= 15 is 0 Å². The normalized spacial score (nSPS) is 25.6. The molecule has 1 saturated carbocycles. The van der Waals surface area contributed by atoms with Crippen molar-refractivity contribution in [2.75, 3.05) is 45.9 Å². The summed E-state index contributed by atoms with van der Waals surface area (Å²) in [5.41, 5.74) is 2.56. The standard InChI is InChI=1S/C28H38N2O2/c1-3-9-23(10-4-1)21-32-25-12-7-11-24(17-25)18-30-19-26-27(20-30)28(26)22-31-16-8-15-29-13-5-2-6-14-29/h1,3-4,7,9-12,17,26-28H,2,5-6,8,13-16,18-22H2/t26-,27+,28+. The Labute approximate surface area is 193 Å². The van der Waals surface area contributed by atoms with Crippen LogP contribution in [0.4, 0.5) is 0 Å². The van der Waals surface area contributed by atoms with E-state index < -0.39 is 0 Å². The summed E-state index contributed by atoms with van der Waals surface area (Å²) in [5.74, 6) is 3.48. The number of piperidine rings is 2. The average Bonchev–Trinajstić information content (AvgIpc) is 3.29. The van der Waals surface area contributed by atoms with Gasteiger partial charge in [0.15, 0.2) is 0 Å². The lowest BCUT2D eigenvalue weighted by Crippen LogP contribution is -2.31. The smallest absolute Gasteiger partial charge is 0.120 e. The number of nitrogens with zero attached hydrogens (tertiary/aromatic N) is 2. The van der Waals surface area contributed by atoms with E-state index in [0.717, 1.165) is 43.3 Å². The van der Waals surface area contributed by atoms with Crippen molar-refractivity contribution in [1.82, 2.24) is 9.80 Å². The molecule has 3 atom stereocenters. The number of ether oxygens (including phenoxy) is 2. The van der Waals surface area contributed by atoms with Crippen molar-refractivity contribution in [3.05, 3.63) is 65.7 Å². The van der Waals surface area contributed by atoms with Gasteiger partial charge in [-0.2, -0.15) is 0 Å². The highest BCUT2D eigenvalue weighted by Gasteiger charge is 2.55. The fourth-order valence-electron chi connectivity index (χ4n) is 5.64. The van der Waals surface area contributed by atoms with Gasteiger partial charge in [0, 0.05) is 32.8 Å². The van der Waals surface area contributed by atoms with Gasteiger partial charge in [-0.05, 0) is 73.4 Å². The van der Waals surface area contributed by atoms with Crippen LogP contribution in [0.5, 0.6) is 5.75 Å². The Morgan fingerprint density at radius 2 is 1.59 bits per heavy atom. The van der Waals surface area contributed by atoms with Gasteiger partial charge in [0.1, 0.15) is 12.4 Å². The van der Waals surface area contributed by atoms with Gasteiger partial charge in [-0.15, -0.1) is 0 Å². The minimum Gasteiger partial charge on any atom is -0.489 e. The van der Waals surface area contributed by atoms with Gasteiger partial charge in [-0.1, -0.05) is 48.9 Å². The van der Waals surface area contributed by atoms with Gasteiger partial charge in [0.25, 0.3) is 0 Å². The molecule has 32 heavy (non-hydrogen) atoms.